The van der Waals surface area contributed by atoms with Gasteiger partial charge >= 0.3 is 0 Å². The average Bonchev–Trinajstić information content (AvgIpc) is 2.77. The van der Waals surface area contributed by atoms with E-state index >= 15 is 0 Å². The van der Waals surface area contributed by atoms with E-state index in [4.69, 9.17) is 5.73 Å². The number of rotatable bonds is 1. The van der Waals surface area contributed by atoms with E-state index in [1.54, 1.807) is 0 Å². The van der Waals surface area contributed by atoms with Crippen LogP contribution in [-0.2, 0) is 6.42 Å². The zero-order valence-electron chi connectivity index (χ0n) is 9.62. The predicted molar refractivity (Wildman–Crippen MR) is 67.3 cm³/mol. The molecule has 2 N–H and O–H groups in total. The van der Waals surface area contributed by atoms with Crippen LogP contribution < -0.4 is 5.73 Å². The van der Waals surface area contributed by atoms with Crippen molar-refractivity contribution >= 4 is 11.3 Å². The van der Waals surface area contributed by atoms with E-state index in [1.807, 2.05) is 0 Å². The van der Waals surface area contributed by atoms with E-state index < -0.39 is 11.6 Å². The van der Waals surface area contributed by atoms with Crippen LogP contribution in [0.3, 0.4) is 0 Å². The van der Waals surface area contributed by atoms with Crippen LogP contribution in [0.2, 0.25) is 0 Å². The predicted octanol–water partition coefficient (Wildman–Crippen LogP) is 3.42. The molecule has 2 aromatic rings. The van der Waals surface area contributed by atoms with E-state index in [0.717, 1.165) is 42.0 Å². The van der Waals surface area contributed by atoms with Gasteiger partial charge in [-0.1, -0.05) is 0 Å². The Labute approximate surface area is 107 Å². The zero-order chi connectivity index (χ0) is 12.7. The number of halogens is 2. The number of nitrogens with zero attached hydrogens (tertiary/aromatic N) is 1. The standard InChI is InChI=1S/C13H12F2N2S/c14-7-4-5-9(15)8(6-7)13-17-11-3-1-2-10(16)12(11)18-13/h4-6,10H,1-3,16H2. The van der Waals surface area contributed by atoms with E-state index in [0.29, 0.717) is 5.01 Å². The van der Waals surface area contributed by atoms with Gasteiger partial charge in [0.1, 0.15) is 16.6 Å². The molecule has 0 amide bonds. The van der Waals surface area contributed by atoms with E-state index in [-0.39, 0.29) is 11.6 Å². The summed E-state index contributed by atoms with van der Waals surface area (Å²) in [5.74, 6) is -0.903. The fourth-order valence-corrected chi connectivity index (χ4v) is 3.39. The van der Waals surface area contributed by atoms with Crippen LogP contribution in [0, 0.1) is 11.6 Å². The largest absolute Gasteiger partial charge is 0.323 e. The number of nitrogens with two attached hydrogens (primary N) is 1. The third-order valence-corrected chi connectivity index (χ3v) is 4.41. The Hall–Kier alpha value is -1.33. The second-order valence-electron chi connectivity index (χ2n) is 4.45. The molecule has 0 saturated carbocycles. The molecule has 0 aliphatic heterocycles. The highest BCUT2D eigenvalue weighted by Gasteiger charge is 2.23. The highest BCUT2D eigenvalue weighted by atomic mass is 32.1. The Morgan fingerprint density at radius 3 is 2.94 bits per heavy atom. The molecule has 3 rings (SSSR count). The Bertz CT molecular complexity index is 595. The summed E-state index contributed by atoms with van der Waals surface area (Å²) in [7, 11) is 0. The molecular weight excluding hydrogens is 254 g/mol. The minimum Gasteiger partial charge on any atom is -0.323 e. The Balaban J connectivity index is 2.10. The van der Waals surface area contributed by atoms with Gasteiger partial charge in [-0.25, -0.2) is 13.8 Å². The molecule has 0 bridgehead atoms. The average molecular weight is 266 g/mol. The molecule has 2 nitrogen and oxygen atoms in total. The van der Waals surface area contributed by atoms with Gasteiger partial charge in [-0.15, -0.1) is 11.3 Å². The molecule has 5 heteroatoms. The van der Waals surface area contributed by atoms with Gasteiger partial charge in [0, 0.05) is 16.5 Å². The number of aromatic nitrogens is 1. The lowest BCUT2D eigenvalue weighted by molar-refractivity contribution is 0.573. The summed E-state index contributed by atoms with van der Waals surface area (Å²) in [5, 5.41) is 0.523. The second kappa shape index (κ2) is 4.40. The minimum absolute atomic E-state index is 0.0170. The quantitative estimate of drug-likeness (QED) is 0.859. The van der Waals surface area contributed by atoms with Crippen LogP contribution in [0.5, 0.6) is 0 Å². The molecule has 0 saturated heterocycles. The fourth-order valence-electron chi connectivity index (χ4n) is 2.23. The summed E-state index contributed by atoms with van der Waals surface area (Å²) >= 11 is 1.38. The van der Waals surface area contributed by atoms with Crippen LogP contribution in [0.15, 0.2) is 18.2 Å². The Kier molecular flexibility index (Phi) is 2.87. The van der Waals surface area contributed by atoms with Crippen LogP contribution in [-0.4, -0.2) is 4.98 Å². The third kappa shape index (κ3) is 1.93. The summed E-state index contributed by atoms with van der Waals surface area (Å²) in [5.41, 5.74) is 7.17. The molecule has 1 unspecified atom stereocenters. The van der Waals surface area contributed by atoms with Crippen LogP contribution in [0.4, 0.5) is 8.78 Å². The maximum Gasteiger partial charge on any atom is 0.133 e. The summed E-state index contributed by atoms with van der Waals surface area (Å²) < 4.78 is 26.9. The number of aryl methyl sites for hydroxylation is 1. The smallest absolute Gasteiger partial charge is 0.133 e. The van der Waals surface area contributed by atoms with Crippen molar-refractivity contribution in [1.82, 2.24) is 4.98 Å². The van der Waals surface area contributed by atoms with Gasteiger partial charge < -0.3 is 5.73 Å². The molecular formula is C13H12F2N2S. The Morgan fingerprint density at radius 2 is 2.17 bits per heavy atom. The number of benzene rings is 1. The first kappa shape index (κ1) is 11.7. The topological polar surface area (TPSA) is 38.9 Å². The third-order valence-electron chi connectivity index (χ3n) is 3.15. The van der Waals surface area contributed by atoms with Gasteiger partial charge in [0.2, 0.25) is 0 Å². The summed E-state index contributed by atoms with van der Waals surface area (Å²) in [4.78, 5) is 5.42. The number of hydrogen-bond acceptors (Lipinski definition) is 3. The zero-order valence-corrected chi connectivity index (χ0v) is 10.4. The maximum atomic E-state index is 13.7. The lowest BCUT2D eigenvalue weighted by Crippen LogP contribution is -2.15. The van der Waals surface area contributed by atoms with Crippen molar-refractivity contribution in [2.24, 2.45) is 5.73 Å². The van der Waals surface area contributed by atoms with E-state index in [2.05, 4.69) is 4.98 Å². The summed E-state index contributed by atoms with van der Waals surface area (Å²) in [6.45, 7) is 0. The first-order chi connectivity index (χ1) is 8.65. The molecule has 0 radical (unpaired) electrons. The van der Waals surface area contributed by atoms with Crippen molar-refractivity contribution in [2.45, 2.75) is 25.3 Å². The lowest BCUT2D eigenvalue weighted by atomic mass is 9.99. The van der Waals surface area contributed by atoms with Gasteiger partial charge in [-0.05, 0) is 37.5 Å². The molecule has 1 aromatic heterocycles. The molecule has 94 valence electrons. The fraction of sp³-hybridized carbons (Fsp3) is 0.308. The SMILES string of the molecule is NC1CCCc2nc(-c3cc(F)ccc3F)sc21. The van der Waals surface area contributed by atoms with Crippen LogP contribution in [0.25, 0.3) is 10.6 Å². The van der Waals surface area contributed by atoms with Crippen molar-refractivity contribution in [2.75, 3.05) is 0 Å². The highest BCUT2D eigenvalue weighted by molar-refractivity contribution is 7.15. The molecule has 18 heavy (non-hydrogen) atoms. The van der Waals surface area contributed by atoms with Crippen molar-refractivity contribution in [3.63, 3.8) is 0 Å². The molecule has 0 spiro atoms. The first-order valence-corrected chi connectivity index (χ1v) is 6.67. The van der Waals surface area contributed by atoms with E-state index in [9.17, 15) is 8.78 Å². The van der Waals surface area contributed by atoms with Crippen molar-refractivity contribution in [3.8, 4) is 10.6 Å². The molecule has 1 heterocycles. The summed E-state index contributed by atoms with van der Waals surface area (Å²) in [6.07, 6.45) is 2.81. The first-order valence-electron chi connectivity index (χ1n) is 5.86. The van der Waals surface area contributed by atoms with Gasteiger partial charge in [0.15, 0.2) is 0 Å². The van der Waals surface area contributed by atoms with Gasteiger partial charge in [-0.3, -0.25) is 0 Å². The number of thiazole rings is 1. The van der Waals surface area contributed by atoms with Crippen molar-refractivity contribution < 1.29 is 8.78 Å². The molecule has 0 fully saturated rings. The minimum atomic E-state index is -0.455. The number of fused-ring (bicyclic) bond motifs is 1. The van der Waals surface area contributed by atoms with Crippen LogP contribution >= 0.6 is 11.3 Å². The Morgan fingerprint density at radius 1 is 1.33 bits per heavy atom. The van der Waals surface area contributed by atoms with E-state index in [1.165, 1.54) is 17.4 Å². The highest BCUT2D eigenvalue weighted by Crippen LogP contribution is 2.37. The molecule has 1 aromatic carbocycles. The van der Waals surface area contributed by atoms with Gasteiger partial charge in [-0.2, -0.15) is 0 Å². The molecule has 1 aliphatic rings. The monoisotopic (exact) mass is 266 g/mol. The van der Waals surface area contributed by atoms with Gasteiger partial charge in [0.25, 0.3) is 0 Å². The molecule has 1 aliphatic carbocycles. The second-order valence-corrected chi connectivity index (χ2v) is 5.48. The maximum absolute atomic E-state index is 13.7. The van der Waals surface area contributed by atoms with Crippen LogP contribution in [0.1, 0.15) is 29.5 Å². The lowest BCUT2D eigenvalue weighted by Gasteiger charge is -2.15. The normalized spacial score (nSPS) is 18.7. The number of hydrogen-bond donors (Lipinski definition) is 1. The van der Waals surface area contributed by atoms with Crippen molar-refractivity contribution in [3.05, 3.63) is 40.4 Å². The summed E-state index contributed by atoms with van der Waals surface area (Å²) in [6, 6.07) is 3.41. The molecule has 1 atom stereocenters. The van der Waals surface area contributed by atoms with Crippen molar-refractivity contribution in [1.29, 1.82) is 0 Å². The van der Waals surface area contributed by atoms with Gasteiger partial charge in [0.05, 0.1) is 5.69 Å².